The van der Waals surface area contributed by atoms with E-state index in [1.54, 1.807) is 0 Å². The van der Waals surface area contributed by atoms with Crippen molar-refractivity contribution < 1.29 is 19.8 Å². The molecule has 7 atom stereocenters. The maximum absolute atomic E-state index is 11.9. The van der Waals surface area contributed by atoms with E-state index < -0.39 is 17.0 Å². The molecular formula is C22H34O4. The van der Waals surface area contributed by atoms with Crippen molar-refractivity contribution in [3.05, 3.63) is 12.2 Å². The maximum Gasteiger partial charge on any atom is 0.306 e. The van der Waals surface area contributed by atoms with Crippen LogP contribution in [0.4, 0.5) is 0 Å². The second-order valence-corrected chi connectivity index (χ2v) is 9.63. The summed E-state index contributed by atoms with van der Waals surface area (Å²) in [6.45, 7) is 10.5. The highest BCUT2D eigenvalue weighted by molar-refractivity contribution is 5.70. The predicted octanol–water partition coefficient (Wildman–Crippen LogP) is 4.22. The number of carbonyl (C=O) groups excluding carboxylic acids is 1. The minimum Gasteiger partial charge on any atom is -0.481 e. The Labute approximate surface area is 157 Å². The van der Waals surface area contributed by atoms with Gasteiger partial charge in [0.05, 0.1) is 11.5 Å². The first-order valence-electron chi connectivity index (χ1n) is 10.2. The van der Waals surface area contributed by atoms with Crippen molar-refractivity contribution in [1.82, 2.24) is 0 Å². The van der Waals surface area contributed by atoms with Gasteiger partial charge in [-0.05, 0) is 68.1 Å². The van der Waals surface area contributed by atoms with Crippen molar-refractivity contribution in [1.29, 1.82) is 0 Å². The Morgan fingerprint density at radius 2 is 1.96 bits per heavy atom. The normalized spacial score (nSPS) is 46.3. The molecular weight excluding hydrogens is 328 g/mol. The van der Waals surface area contributed by atoms with Gasteiger partial charge in [-0.1, -0.05) is 32.9 Å². The molecule has 0 radical (unpaired) electrons. The number of hydrogen-bond acceptors (Lipinski definition) is 3. The molecule has 2 unspecified atom stereocenters. The molecule has 0 aromatic heterocycles. The van der Waals surface area contributed by atoms with Crippen molar-refractivity contribution in [3.63, 3.8) is 0 Å². The van der Waals surface area contributed by atoms with Gasteiger partial charge in [-0.25, -0.2) is 0 Å². The maximum atomic E-state index is 11.9. The highest BCUT2D eigenvalue weighted by atomic mass is 16.4. The lowest BCUT2D eigenvalue weighted by Crippen LogP contribution is -2.62. The second kappa shape index (κ2) is 6.47. The van der Waals surface area contributed by atoms with E-state index in [1.807, 2.05) is 6.92 Å². The standard InChI is InChI=1S/C22H34O4/c1-14-6-7-18-17-9-8-16(15(2)19(24)25)20(17,3)11-12-22(18,26)21(14,4)10-5-13-23/h13,15-18,26H,1,5-12H2,2-4H3,(H,24,25)/t15-,16+,17?,18?,20+,21-,22+/m0/s1. The number of fused-ring (bicyclic) bond motifs is 3. The largest absolute Gasteiger partial charge is 0.481 e. The Kier molecular flexibility index (Phi) is 4.88. The Bertz CT molecular complexity index is 613. The number of carbonyl (C=O) groups is 2. The predicted molar refractivity (Wildman–Crippen MR) is 101 cm³/mol. The highest BCUT2D eigenvalue weighted by Gasteiger charge is 2.65. The average Bonchev–Trinajstić information content (AvgIpc) is 2.94. The summed E-state index contributed by atoms with van der Waals surface area (Å²) in [4.78, 5) is 22.6. The molecule has 146 valence electrons. The van der Waals surface area contributed by atoms with E-state index in [0.29, 0.717) is 25.2 Å². The topological polar surface area (TPSA) is 74.6 Å². The number of aliphatic hydroxyl groups is 1. The third kappa shape index (κ3) is 2.51. The lowest BCUT2D eigenvalue weighted by molar-refractivity contribution is -0.193. The quantitative estimate of drug-likeness (QED) is 0.567. The van der Waals surface area contributed by atoms with E-state index in [-0.39, 0.29) is 23.2 Å². The summed E-state index contributed by atoms with van der Waals surface area (Å²) >= 11 is 0. The molecule has 0 saturated heterocycles. The fourth-order valence-corrected chi connectivity index (χ4v) is 7.07. The molecule has 4 nitrogen and oxygen atoms in total. The van der Waals surface area contributed by atoms with Crippen LogP contribution < -0.4 is 0 Å². The Morgan fingerprint density at radius 1 is 1.27 bits per heavy atom. The third-order valence-corrected chi connectivity index (χ3v) is 8.87. The van der Waals surface area contributed by atoms with Crippen LogP contribution in [-0.2, 0) is 9.59 Å². The van der Waals surface area contributed by atoms with E-state index in [1.165, 1.54) is 0 Å². The fraction of sp³-hybridized carbons (Fsp3) is 0.818. The molecule has 26 heavy (non-hydrogen) atoms. The van der Waals surface area contributed by atoms with Crippen LogP contribution in [0.3, 0.4) is 0 Å². The first kappa shape index (κ1) is 19.6. The third-order valence-electron chi connectivity index (χ3n) is 8.87. The van der Waals surface area contributed by atoms with E-state index in [0.717, 1.165) is 44.0 Å². The van der Waals surface area contributed by atoms with Gasteiger partial charge in [0.2, 0.25) is 0 Å². The van der Waals surface area contributed by atoms with Gasteiger partial charge in [0.15, 0.2) is 0 Å². The molecule has 3 fully saturated rings. The van der Waals surface area contributed by atoms with Crippen LogP contribution in [0.2, 0.25) is 0 Å². The molecule has 0 heterocycles. The van der Waals surface area contributed by atoms with Gasteiger partial charge in [-0.2, -0.15) is 0 Å². The number of hydrogen-bond donors (Lipinski definition) is 2. The Balaban J connectivity index is 1.94. The molecule has 0 bridgehead atoms. The minimum absolute atomic E-state index is 0.0149. The monoisotopic (exact) mass is 362 g/mol. The summed E-state index contributed by atoms with van der Waals surface area (Å²) in [6.07, 6.45) is 7.35. The van der Waals surface area contributed by atoms with Crippen molar-refractivity contribution in [2.75, 3.05) is 0 Å². The van der Waals surface area contributed by atoms with Crippen LogP contribution in [0.5, 0.6) is 0 Å². The Hall–Kier alpha value is -1.16. The molecule has 0 spiro atoms. The van der Waals surface area contributed by atoms with Crippen LogP contribution in [-0.4, -0.2) is 28.1 Å². The number of aliphatic carboxylic acids is 1. The average molecular weight is 363 g/mol. The molecule has 0 aromatic carbocycles. The van der Waals surface area contributed by atoms with Crippen LogP contribution in [0.1, 0.15) is 72.1 Å². The number of carboxylic acid groups (broad SMARTS) is 1. The first-order valence-corrected chi connectivity index (χ1v) is 10.2. The van der Waals surface area contributed by atoms with E-state index in [4.69, 9.17) is 0 Å². The van der Waals surface area contributed by atoms with Crippen LogP contribution >= 0.6 is 0 Å². The molecule has 0 amide bonds. The van der Waals surface area contributed by atoms with Gasteiger partial charge in [0.1, 0.15) is 6.29 Å². The molecule has 0 aromatic rings. The number of rotatable bonds is 5. The van der Waals surface area contributed by atoms with Crippen molar-refractivity contribution >= 4 is 12.3 Å². The molecule has 0 aliphatic heterocycles. The SMILES string of the molecule is C=C1CCC2C3CC[C@H]([C@H](C)C(=O)O)[C@@]3(C)CC[C@]2(O)[C@@]1(C)CCC=O. The summed E-state index contributed by atoms with van der Waals surface area (Å²) in [6, 6.07) is 0. The van der Waals surface area contributed by atoms with Crippen molar-refractivity contribution in [3.8, 4) is 0 Å². The molecule has 4 heteroatoms. The van der Waals surface area contributed by atoms with Gasteiger partial charge in [0, 0.05) is 11.8 Å². The fourth-order valence-electron chi connectivity index (χ4n) is 7.07. The summed E-state index contributed by atoms with van der Waals surface area (Å²) < 4.78 is 0. The van der Waals surface area contributed by atoms with Crippen LogP contribution in [0.15, 0.2) is 12.2 Å². The zero-order chi connectivity index (χ0) is 19.3. The van der Waals surface area contributed by atoms with Crippen LogP contribution in [0, 0.1) is 34.5 Å². The zero-order valence-electron chi connectivity index (χ0n) is 16.5. The minimum atomic E-state index is -0.823. The van der Waals surface area contributed by atoms with Crippen LogP contribution in [0.25, 0.3) is 0 Å². The summed E-state index contributed by atoms with van der Waals surface area (Å²) in [5.41, 5.74) is -0.181. The highest BCUT2D eigenvalue weighted by Crippen LogP contribution is 2.68. The Morgan fingerprint density at radius 3 is 2.58 bits per heavy atom. The summed E-state index contributed by atoms with van der Waals surface area (Å²) in [5.74, 6) is -0.325. The van der Waals surface area contributed by atoms with Gasteiger partial charge in [-0.3, -0.25) is 4.79 Å². The van der Waals surface area contributed by atoms with Gasteiger partial charge in [-0.15, -0.1) is 0 Å². The van der Waals surface area contributed by atoms with E-state index >= 15 is 0 Å². The molecule has 3 saturated carbocycles. The van der Waals surface area contributed by atoms with E-state index in [9.17, 15) is 19.8 Å². The lowest BCUT2D eigenvalue weighted by atomic mass is 9.45. The number of aldehydes is 1. The van der Waals surface area contributed by atoms with Crippen molar-refractivity contribution in [2.24, 2.45) is 34.5 Å². The number of carboxylic acids is 1. The first-order chi connectivity index (χ1) is 12.1. The molecule has 2 N–H and O–H groups in total. The van der Waals surface area contributed by atoms with Gasteiger partial charge in [0.25, 0.3) is 0 Å². The summed E-state index contributed by atoms with van der Waals surface area (Å²) in [7, 11) is 0. The summed E-state index contributed by atoms with van der Waals surface area (Å²) in [5, 5.41) is 21.5. The smallest absolute Gasteiger partial charge is 0.306 e. The lowest BCUT2D eigenvalue weighted by Gasteiger charge is -2.62. The van der Waals surface area contributed by atoms with Gasteiger partial charge >= 0.3 is 5.97 Å². The van der Waals surface area contributed by atoms with E-state index in [2.05, 4.69) is 20.4 Å². The molecule has 3 rings (SSSR count). The zero-order valence-corrected chi connectivity index (χ0v) is 16.5. The molecule has 3 aliphatic carbocycles. The van der Waals surface area contributed by atoms with Gasteiger partial charge < -0.3 is 15.0 Å². The molecule has 3 aliphatic rings. The second-order valence-electron chi connectivity index (χ2n) is 9.63. The van der Waals surface area contributed by atoms with Crippen molar-refractivity contribution in [2.45, 2.75) is 77.7 Å².